The number of hydrogen-bond donors (Lipinski definition) is 0. The maximum absolute atomic E-state index is 5.81. The van der Waals surface area contributed by atoms with Crippen molar-refractivity contribution >= 4 is 0 Å². The third-order valence-electron chi connectivity index (χ3n) is 2.71. The van der Waals surface area contributed by atoms with E-state index in [1.807, 2.05) is 13.8 Å². The molecule has 0 atom stereocenters. The average Bonchev–Trinajstić information content (AvgIpc) is 2.24. The fourth-order valence-electron chi connectivity index (χ4n) is 1.47. The molecule has 0 radical (unpaired) electrons. The van der Waals surface area contributed by atoms with Gasteiger partial charge in [0.25, 0.3) is 0 Å². The Kier molecular flexibility index (Phi) is 6.57. The number of ether oxygens (including phenoxy) is 2. The molecular weight excluding hydrogens is 200 g/mol. The molecule has 0 N–H and O–H groups in total. The zero-order chi connectivity index (χ0) is 12.8. The number of rotatable bonds is 3. The van der Waals surface area contributed by atoms with Crippen LogP contribution < -0.4 is 0 Å². The third kappa shape index (κ3) is 5.86. The van der Waals surface area contributed by atoms with Gasteiger partial charge >= 0.3 is 0 Å². The second-order valence-corrected chi connectivity index (χ2v) is 5.81. The minimum absolute atomic E-state index is 0.178. The average molecular weight is 230 g/mol. The van der Waals surface area contributed by atoms with Crippen molar-refractivity contribution in [3.05, 3.63) is 0 Å². The summed E-state index contributed by atoms with van der Waals surface area (Å²) < 4.78 is 11.6. The van der Waals surface area contributed by atoms with Crippen LogP contribution in [0.4, 0.5) is 0 Å². The maximum atomic E-state index is 5.81. The van der Waals surface area contributed by atoms with Crippen LogP contribution in [0.15, 0.2) is 0 Å². The fourth-order valence-corrected chi connectivity index (χ4v) is 1.47. The summed E-state index contributed by atoms with van der Waals surface area (Å²) in [5, 5.41) is 0. The maximum Gasteiger partial charge on any atom is 0.165 e. The first-order chi connectivity index (χ1) is 7.33. The van der Waals surface area contributed by atoms with Gasteiger partial charge in [-0.1, -0.05) is 41.5 Å². The Morgan fingerprint density at radius 2 is 1.44 bits per heavy atom. The molecule has 2 heteroatoms. The Labute approximate surface area is 102 Å². The molecule has 0 aromatic rings. The lowest BCUT2D eigenvalue weighted by molar-refractivity contribution is -0.292. The summed E-state index contributed by atoms with van der Waals surface area (Å²) in [7, 11) is 0. The quantitative estimate of drug-likeness (QED) is 0.722. The molecule has 2 nitrogen and oxygen atoms in total. The van der Waals surface area contributed by atoms with Crippen molar-refractivity contribution in [1.29, 1.82) is 0 Å². The molecule has 0 aromatic carbocycles. The number of hydrogen-bond acceptors (Lipinski definition) is 2. The van der Waals surface area contributed by atoms with Crippen molar-refractivity contribution in [1.82, 2.24) is 0 Å². The summed E-state index contributed by atoms with van der Waals surface area (Å²) in [6.45, 7) is 16.5. The Balaban J connectivity index is 0.00000106. The molecule has 0 aromatic heterocycles. The molecule has 0 saturated carbocycles. The molecule has 0 amide bonds. The van der Waals surface area contributed by atoms with Gasteiger partial charge in [0.05, 0.1) is 13.2 Å². The van der Waals surface area contributed by atoms with E-state index in [4.69, 9.17) is 9.47 Å². The van der Waals surface area contributed by atoms with Gasteiger partial charge < -0.3 is 9.47 Å². The summed E-state index contributed by atoms with van der Waals surface area (Å²) in [5.74, 6) is 0.383. The molecule has 0 bridgehead atoms. The zero-order valence-electron chi connectivity index (χ0n) is 12.2. The van der Waals surface area contributed by atoms with Gasteiger partial charge in [0, 0.05) is 11.8 Å². The van der Waals surface area contributed by atoms with Gasteiger partial charge in [0.15, 0.2) is 5.79 Å². The van der Waals surface area contributed by atoms with Gasteiger partial charge in [-0.15, -0.1) is 0 Å². The van der Waals surface area contributed by atoms with E-state index in [0.29, 0.717) is 5.92 Å². The highest BCUT2D eigenvalue weighted by atomic mass is 16.7. The van der Waals surface area contributed by atoms with Crippen LogP contribution in [-0.4, -0.2) is 19.0 Å². The molecule has 98 valence electrons. The van der Waals surface area contributed by atoms with Crippen molar-refractivity contribution in [2.75, 3.05) is 13.2 Å². The lowest BCUT2D eigenvalue weighted by atomic mass is 9.93. The van der Waals surface area contributed by atoms with Crippen molar-refractivity contribution < 1.29 is 9.47 Å². The van der Waals surface area contributed by atoms with Crippen molar-refractivity contribution in [3.63, 3.8) is 0 Å². The molecule has 16 heavy (non-hydrogen) atoms. The standard InChI is InChI=1S/C12H24O2.C2H6/c1-10(2)6-7-12(5)13-8-11(3,4)9-14-12;1-2/h10H,6-9H2,1-5H3;1-2H3. The Morgan fingerprint density at radius 3 is 1.81 bits per heavy atom. The predicted octanol–water partition coefficient (Wildman–Crippen LogP) is 4.24. The lowest BCUT2D eigenvalue weighted by Gasteiger charge is -2.41. The van der Waals surface area contributed by atoms with Crippen LogP contribution in [-0.2, 0) is 9.47 Å². The highest BCUT2D eigenvalue weighted by molar-refractivity contribution is 4.77. The summed E-state index contributed by atoms with van der Waals surface area (Å²) in [5.41, 5.74) is 0.178. The molecule has 1 heterocycles. The van der Waals surface area contributed by atoms with Gasteiger partial charge in [0.1, 0.15) is 0 Å². The monoisotopic (exact) mass is 230 g/mol. The van der Waals surface area contributed by atoms with Crippen LogP contribution in [0.5, 0.6) is 0 Å². The first-order valence-electron chi connectivity index (χ1n) is 6.61. The summed E-state index contributed by atoms with van der Waals surface area (Å²) >= 11 is 0. The molecule has 1 aliphatic heterocycles. The molecular formula is C14H30O2. The highest BCUT2D eigenvalue weighted by Crippen LogP contribution is 2.32. The van der Waals surface area contributed by atoms with Gasteiger partial charge in [-0.25, -0.2) is 0 Å². The minimum Gasteiger partial charge on any atom is -0.350 e. The van der Waals surface area contributed by atoms with Crippen molar-refractivity contribution in [2.45, 2.75) is 67.1 Å². The first kappa shape index (κ1) is 15.9. The highest BCUT2D eigenvalue weighted by Gasteiger charge is 2.36. The van der Waals surface area contributed by atoms with Crippen LogP contribution in [0.25, 0.3) is 0 Å². The molecule has 1 saturated heterocycles. The topological polar surface area (TPSA) is 18.5 Å². The normalized spacial score (nSPS) is 22.5. The Hall–Kier alpha value is -0.0800. The predicted molar refractivity (Wildman–Crippen MR) is 69.5 cm³/mol. The van der Waals surface area contributed by atoms with E-state index in [9.17, 15) is 0 Å². The van der Waals surface area contributed by atoms with E-state index in [1.54, 1.807) is 0 Å². The second-order valence-electron chi connectivity index (χ2n) is 5.81. The molecule has 1 rings (SSSR count). The largest absolute Gasteiger partial charge is 0.350 e. The third-order valence-corrected chi connectivity index (χ3v) is 2.71. The molecule has 0 spiro atoms. The SMILES string of the molecule is CC.CC(C)CCC1(C)OCC(C)(C)CO1. The van der Waals surface area contributed by atoms with Gasteiger partial charge in [-0.05, 0) is 19.3 Å². The van der Waals surface area contributed by atoms with Crippen LogP contribution in [0, 0.1) is 11.3 Å². The molecule has 1 fully saturated rings. The Morgan fingerprint density at radius 1 is 1.00 bits per heavy atom. The van der Waals surface area contributed by atoms with Crippen molar-refractivity contribution in [3.8, 4) is 0 Å². The Bertz CT molecular complexity index is 170. The van der Waals surface area contributed by atoms with E-state index in [2.05, 4.69) is 34.6 Å². The fraction of sp³-hybridized carbons (Fsp3) is 1.00. The van der Waals surface area contributed by atoms with Gasteiger partial charge in [-0.2, -0.15) is 0 Å². The second kappa shape index (κ2) is 6.61. The molecule has 0 aliphatic carbocycles. The summed E-state index contributed by atoms with van der Waals surface area (Å²) in [6.07, 6.45) is 2.16. The van der Waals surface area contributed by atoms with E-state index < -0.39 is 0 Å². The first-order valence-corrected chi connectivity index (χ1v) is 6.61. The molecule has 1 aliphatic rings. The van der Waals surface area contributed by atoms with E-state index in [-0.39, 0.29) is 11.2 Å². The smallest absolute Gasteiger partial charge is 0.165 e. The van der Waals surface area contributed by atoms with Gasteiger partial charge in [0.2, 0.25) is 0 Å². The lowest BCUT2D eigenvalue weighted by Crippen LogP contribution is -2.45. The summed E-state index contributed by atoms with van der Waals surface area (Å²) in [4.78, 5) is 0. The van der Waals surface area contributed by atoms with Gasteiger partial charge in [-0.3, -0.25) is 0 Å². The van der Waals surface area contributed by atoms with E-state index in [0.717, 1.165) is 26.1 Å². The van der Waals surface area contributed by atoms with Crippen LogP contribution in [0.2, 0.25) is 0 Å². The van der Waals surface area contributed by atoms with Crippen LogP contribution in [0.3, 0.4) is 0 Å². The molecule has 0 unspecified atom stereocenters. The van der Waals surface area contributed by atoms with E-state index >= 15 is 0 Å². The van der Waals surface area contributed by atoms with E-state index in [1.165, 1.54) is 0 Å². The van der Waals surface area contributed by atoms with Crippen molar-refractivity contribution in [2.24, 2.45) is 11.3 Å². The zero-order valence-corrected chi connectivity index (χ0v) is 12.2. The minimum atomic E-state index is -0.334. The summed E-state index contributed by atoms with van der Waals surface area (Å²) in [6, 6.07) is 0. The van der Waals surface area contributed by atoms with Crippen LogP contribution >= 0.6 is 0 Å². The van der Waals surface area contributed by atoms with Crippen LogP contribution in [0.1, 0.15) is 61.3 Å².